The van der Waals surface area contributed by atoms with Gasteiger partial charge in [-0.25, -0.2) is 4.98 Å². The molecule has 3 heterocycles. The van der Waals surface area contributed by atoms with Gasteiger partial charge in [-0.15, -0.1) is 0 Å². The Bertz CT molecular complexity index is 678. The number of halogens is 1. The van der Waals surface area contributed by atoms with Crippen LogP contribution in [-0.4, -0.2) is 60.8 Å². The van der Waals surface area contributed by atoms with Gasteiger partial charge in [0.1, 0.15) is 11.1 Å². The highest BCUT2D eigenvalue weighted by Gasteiger charge is 2.30. The maximum atomic E-state index is 12.8. The fraction of sp³-hybridized carbons (Fsp3) is 0.632. The molecule has 8 heteroatoms. The van der Waals surface area contributed by atoms with Crippen molar-refractivity contribution in [1.29, 1.82) is 0 Å². The van der Waals surface area contributed by atoms with Crippen LogP contribution in [0.25, 0.3) is 0 Å². The summed E-state index contributed by atoms with van der Waals surface area (Å²) in [6, 6.07) is 1.58. The van der Waals surface area contributed by atoms with Gasteiger partial charge in [-0.3, -0.25) is 9.59 Å². The number of amides is 1. The SMILES string of the molecule is CCOC(=O)C1CCCN(C(=O)c2cnc(OC3CCOCC3)c(Cl)c2)C1. The third-order valence-corrected chi connectivity index (χ3v) is 5.10. The van der Waals surface area contributed by atoms with Gasteiger partial charge in [0, 0.05) is 32.1 Å². The summed E-state index contributed by atoms with van der Waals surface area (Å²) in [6.07, 6.45) is 4.60. The number of likely N-dealkylation sites (tertiary alicyclic amines) is 1. The molecule has 0 radical (unpaired) electrons. The van der Waals surface area contributed by atoms with E-state index in [1.165, 1.54) is 6.20 Å². The van der Waals surface area contributed by atoms with Gasteiger partial charge < -0.3 is 19.1 Å². The molecule has 3 rings (SSSR count). The van der Waals surface area contributed by atoms with Gasteiger partial charge in [0.05, 0.1) is 31.3 Å². The maximum Gasteiger partial charge on any atom is 0.310 e. The Balaban J connectivity index is 1.64. The molecule has 2 fully saturated rings. The van der Waals surface area contributed by atoms with Crippen LogP contribution in [0.1, 0.15) is 43.0 Å². The van der Waals surface area contributed by atoms with Crippen LogP contribution < -0.4 is 4.74 Å². The number of nitrogens with zero attached hydrogens (tertiary/aromatic N) is 2. The number of carbonyl (C=O) groups is 2. The maximum absolute atomic E-state index is 12.8. The predicted molar refractivity (Wildman–Crippen MR) is 99.0 cm³/mol. The number of rotatable bonds is 5. The second-order valence-corrected chi connectivity index (χ2v) is 7.19. The molecule has 2 aliphatic rings. The normalized spacial score (nSPS) is 21.0. The molecule has 2 aliphatic heterocycles. The number of aromatic nitrogens is 1. The van der Waals surface area contributed by atoms with Crippen molar-refractivity contribution in [2.24, 2.45) is 5.92 Å². The molecule has 0 aliphatic carbocycles. The van der Waals surface area contributed by atoms with E-state index in [1.54, 1.807) is 17.9 Å². The highest BCUT2D eigenvalue weighted by atomic mass is 35.5. The molecule has 1 atom stereocenters. The summed E-state index contributed by atoms with van der Waals surface area (Å²) in [7, 11) is 0. The fourth-order valence-corrected chi connectivity index (χ4v) is 3.59. The molecular formula is C19H25ClN2O5. The summed E-state index contributed by atoms with van der Waals surface area (Å²) in [4.78, 5) is 30.7. The lowest BCUT2D eigenvalue weighted by atomic mass is 9.97. The van der Waals surface area contributed by atoms with E-state index in [9.17, 15) is 9.59 Å². The van der Waals surface area contributed by atoms with E-state index in [0.717, 1.165) is 25.7 Å². The smallest absolute Gasteiger partial charge is 0.310 e. The summed E-state index contributed by atoms with van der Waals surface area (Å²) >= 11 is 6.29. The third kappa shape index (κ3) is 5.11. The zero-order chi connectivity index (χ0) is 19.2. The van der Waals surface area contributed by atoms with Crippen molar-refractivity contribution in [2.75, 3.05) is 32.9 Å². The van der Waals surface area contributed by atoms with Crippen molar-refractivity contribution < 1.29 is 23.8 Å². The molecule has 0 spiro atoms. The van der Waals surface area contributed by atoms with Crippen molar-refractivity contribution in [3.8, 4) is 5.88 Å². The Kier molecular flexibility index (Phi) is 6.90. The Hall–Kier alpha value is -1.86. The molecule has 1 amide bonds. The average Bonchev–Trinajstić information content (AvgIpc) is 2.70. The van der Waals surface area contributed by atoms with E-state index in [4.69, 9.17) is 25.8 Å². The van der Waals surface area contributed by atoms with Crippen LogP contribution in [0.2, 0.25) is 5.02 Å². The van der Waals surface area contributed by atoms with E-state index < -0.39 is 0 Å². The predicted octanol–water partition coefficient (Wildman–Crippen LogP) is 2.71. The van der Waals surface area contributed by atoms with E-state index in [-0.39, 0.29) is 23.9 Å². The third-order valence-electron chi connectivity index (χ3n) is 4.83. The highest BCUT2D eigenvalue weighted by molar-refractivity contribution is 6.32. The van der Waals surface area contributed by atoms with Crippen molar-refractivity contribution >= 4 is 23.5 Å². The molecule has 0 N–H and O–H groups in total. The number of ether oxygens (including phenoxy) is 3. The summed E-state index contributed by atoms with van der Waals surface area (Å²) in [5.41, 5.74) is 0.392. The largest absolute Gasteiger partial charge is 0.473 e. The lowest BCUT2D eigenvalue weighted by molar-refractivity contribution is -0.149. The van der Waals surface area contributed by atoms with E-state index >= 15 is 0 Å². The molecule has 0 bridgehead atoms. The van der Waals surface area contributed by atoms with Crippen LogP contribution in [0.15, 0.2) is 12.3 Å². The van der Waals surface area contributed by atoms with E-state index in [0.29, 0.717) is 49.4 Å². The van der Waals surface area contributed by atoms with Gasteiger partial charge in [-0.05, 0) is 25.8 Å². The van der Waals surface area contributed by atoms with E-state index in [2.05, 4.69) is 4.98 Å². The summed E-state index contributed by atoms with van der Waals surface area (Å²) in [5, 5.41) is 0.311. The molecule has 1 aromatic rings. The first-order chi connectivity index (χ1) is 13.1. The van der Waals surface area contributed by atoms with Crippen molar-refractivity contribution in [2.45, 2.75) is 38.7 Å². The van der Waals surface area contributed by atoms with Gasteiger partial charge in [0.2, 0.25) is 5.88 Å². The average molecular weight is 397 g/mol. The lowest BCUT2D eigenvalue weighted by Crippen LogP contribution is -2.42. The second-order valence-electron chi connectivity index (χ2n) is 6.78. The minimum atomic E-state index is -0.276. The standard InChI is InChI=1S/C19H25ClN2O5/c1-2-26-19(24)13-4-3-7-22(12-13)18(23)14-10-16(20)17(21-11-14)27-15-5-8-25-9-6-15/h10-11,13,15H,2-9,12H2,1H3. The molecule has 7 nitrogen and oxygen atoms in total. The Morgan fingerprint density at radius 2 is 2.11 bits per heavy atom. The molecule has 27 heavy (non-hydrogen) atoms. The van der Waals surface area contributed by atoms with Crippen molar-refractivity contribution in [3.05, 3.63) is 22.8 Å². The zero-order valence-electron chi connectivity index (χ0n) is 15.5. The van der Waals surface area contributed by atoms with Gasteiger partial charge in [-0.2, -0.15) is 0 Å². The minimum absolute atomic E-state index is 0.0257. The number of carbonyl (C=O) groups excluding carboxylic acids is 2. The molecule has 1 unspecified atom stereocenters. The second kappa shape index (κ2) is 9.37. The first-order valence-electron chi connectivity index (χ1n) is 9.44. The lowest BCUT2D eigenvalue weighted by Gasteiger charge is -2.31. The summed E-state index contributed by atoms with van der Waals surface area (Å²) in [6.45, 7) is 4.41. The van der Waals surface area contributed by atoms with Crippen LogP contribution in [0, 0.1) is 5.92 Å². The van der Waals surface area contributed by atoms with Crippen molar-refractivity contribution in [1.82, 2.24) is 9.88 Å². The summed E-state index contributed by atoms with van der Waals surface area (Å²) in [5.74, 6) is -0.368. The molecule has 0 aromatic carbocycles. The number of pyridine rings is 1. The molecule has 2 saturated heterocycles. The Labute approximate surface area is 163 Å². The number of piperidine rings is 1. The first-order valence-corrected chi connectivity index (χ1v) is 9.82. The van der Waals surface area contributed by atoms with Gasteiger partial charge in [0.15, 0.2) is 0 Å². The highest BCUT2D eigenvalue weighted by Crippen LogP contribution is 2.27. The number of esters is 1. The summed E-state index contributed by atoms with van der Waals surface area (Å²) < 4.78 is 16.2. The van der Waals surface area contributed by atoms with Gasteiger partial charge in [-0.1, -0.05) is 11.6 Å². The molecule has 1 aromatic heterocycles. The van der Waals surface area contributed by atoms with E-state index in [1.807, 2.05) is 0 Å². The zero-order valence-corrected chi connectivity index (χ0v) is 16.2. The molecule has 148 valence electrons. The monoisotopic (exact) mass is 396 g/mol. The Morgan fingerprint density at radius 1 is 1.33 bits per heavy atom. The van der Waals surface area contributed by atoms with Crippen LogP contribution in [0.5, 0.6) is 5.88 Å². The Morgan fingerprint density at radius 3 is 2.81 bits per heavy atom. The van der Waals surface area contributed by atoms with Crippen LogP contribution >= 0.6 is 11.6 Å². The fourth-order valence-electron chi connectivity index (χ4n) is 3.38. The van der Waals surface area contributed by atoms with Crippen LogP contribution in [-0.2, 0) is 14.3 Å². The first kappa shape index (κ1) is 19.9. The van der Waals surface area contributed by atoms with Crippen LogP contribution in [0.4, 0.5) is 0 Å². The minimum Gasteiger partial charge on any atom is -0.473 e. The number of hydrogen-bond acceptors (Lipinski definition) is 6. The quantitative estimate of drug-likeness (QED) is 0.712. The topological polar surface area (TPSA) is 78.0 Å². The van der Waals surface area contributed by atoms with Gasteiger partial charge >= 0.3 is 5.97 Å². The van der Waals surface area contributed by atoms with Crippen molar-refractivity contribution in [3.63, 3.8) is 0 Å². The molecule has 0 saturated carbocycles. The number of hydrogen-bond donors (Lipinski definition) is 0. The van der Waals surface area contributed by atoms with Crippen LogP contribution in [0.3, 0.4) is 0 Å². The molecular weight excluding hydrogens is 372 g/mol. The van der Waals surface area contributed by atoms with Gasteiger partial charge in [0.25, 0.3) is 5.91 Å².